The molecule has 0 spiro atoms. The lowest BCUT2D eigenvalue weighted by Crippen LogP contribution is -2.48. The second-order valence-corrected chi connectivity index (χ2v) is 8.63. The van der Waals surface area contributed by atoms with Crippen molar-refractivity contribution in [2.24, 2.45) is 5.73 Å². The van der Waals surface area contributed by atoms with E-state index in [0.29, 0.717) is 12.3 Å². The Labute approximate surface area is 168 Å². The van der Waals surface area contributed by atoms with Gasteiger partial charge in [-0.25, -0.2) is 12.8 Å². The third kappa shape index (κ3) is 2.75. The molecular formula is C18H14F4N4O3S. The Kier molecular flexibility index (Phi) is 4.49. The van der Waals surface area contributed by atoms with Crippen LogP contribution < -0.4 is 5.73 Å². The molecule has 158 valence electrons. The molecule has 2 bridgehead atoms. The average molecular weight is 442 g/mol. The maximum Gasteiger partial charge on any atom is 0.433 e. The van der Waals surface area contributed by atoms with E-state index < -0.39 is 50.8 Å². The predicted molar refractivity (Wildman–Crippen MR) is 96.1 cm³/mol. The van der Waals surface area contributed by atoms with Gasteiger partial charge >= 0.3 is 6.18 Å². The van der Waals surface area contributed by atoms with Gasteiger partial charge in [-0.2, -0.15) is 17.5 Å². The van der Waals surface area contributed by atoms with Gasteiger partial charge in [0.2, 0.25) is 10.0 Å². The van der Waals surface area contributed by atoms with Crippen molar-refractivity contribution in [1.29, 1.82) is 5.41 Å². The maximum absolute atomic E-state index is 14.6. The Morgan fingerprint density at radius 3 is 2.50 bits per heavy atom. The van der Waals surface area contributed by atoms with Crippen LogP contribution in [0.2, 0.25) is 0 Å². The Balaban J connectivity index is 1.90. The lowest BCUT2D eigenvalue weighted by Gasteiger charge is -2.38. The van der Waals surface area contributed by atoms with Crippen LogP contribution in [-0.2, 0) is 16.2 Å². The largest absolute Gasteiger partial charge is 0.433 e. The number of sulfonamides is 1. The molecular weight excluding hydrogens is 428 g/mol. The molecule has 0 saturated carbocycles. The summed E-state index contributed by atoms with van der Waals surface area (Å²) >= 11 is 0. The highest BCUT2D eigenvalue weighted by Gasteiger charge is 2.56. The minimum Gasteiger partial charge on any atom is -0.404 e. The smallest absolute Gasteiger partial charge is 0.404 e. The van der Waals surface area contributed by atoms with Gasteiger partial charge in [0.05, 0.1) is 17.8 Å². The summed E-state index contributed by atoms with van der Waals surface area (Å²) in [7, 11) is -4.56. The van der Waals surface area contributed by atoms with Gasteiger partial charge in [-0.05, 0) is 23.8 Å². The first-order chi connectivity index (χ1) is 14.0. The highest BCUT2D eigenvalue weighted by Crippen LogP contribution is 2.54. The standard InChI is InChI=1S/C18H14F4N4O3S/c19-11-3-1-2-9-13(11)16-17(27)14(24)10(6-23)15(9)26(16)30(28,29)8-4-5-12(25-7-8)18(20,21)22/h1-7,15-17,24,27H,23H2/t15?,16?,17-/m0/s1. The van der Waals surface area contributed by atoms with Crippen molar-refractivity contribution in [2.75, 3.05) is 0 Å². The van der Waals surface area contributed by atoms with E-state index in [9.17, 15) is 31.1 Å². The lowest BCUT2D eigenvalue weighted by molar-refractivity contribution is -0.141. The van der Waals surface area contributed by atoms with Crippen LogP contribution in [0.25, 0.3) is 0 Å². The summed E-state index contributed by atoms with van der Waals surface area (Å²) in [6.07, 6.45) is -4.98. The minimum absolute atomic E-state index is 0.0495. The van der Waals surface area contributed by atoms with Gasteiger partial charge in [-0.15, -0.1) is 0 Å². The van der Waals surface area contributed by atoms with Gasteiger partial charge in [0.25, 0.3) is 0 Å². The molecule has 4 N–H and O–H groups in total. The molecule has 1 aromatic carbocycles. The molecule has 1 aromatic heterocycles. The minimum atomic E-state index is -4.76. The summed E-state index contributed by atoms with van der Waals surface area (Å²) in [6.45, 7) is 0. The second kappa shape index (κ2) is 6.59. The Morgan fingerprint density at radius 2 is 1.93 bits per heavy atom. The van der Waals surface area contributed by atoms with E-state index in [1.54, 1.807) is 0 Å². The van der Waals surface area contributed by atoms with Gasteiger partial charge in [0.15, 0.2) is 0 Å². The Bertz CT molecular complexity index is 1180. The molecule has 1 fully saturated rings. The van der Waals surface area contributed by atoms with E-state index in [1.165, 1.54) is 12.1 Å². The molecule has 0 aliphatic carbocycles. The number of piperidine rings is 1. The van der Waals surface area contributed by atoms with E-state index in [1.807, 2.05) is 0 Å². The highest BCUT2D eigenvalue weighted by atomic mass is 32.2. The van der Waals surface area contributed by atoms with Crippen LogP contribution >= 0.6 is 0 Å². The van der Waals surface area contributed by atoms with Crippen molar-refractivity contribution in [3.63, 3.8) is 0 Å². The number of aromatic nitrogens is 1. The fraction of sp³-hybridized carbons (Fsp3) is 0.222. The van der Waals surface area contributed by atoms with Gasteiger partial charge in [0.1, 0.15) is 22.5 Å². The van der Waals surface area contributed by atoms with Crippen LogP contribution in [0.1, 0.15) is 28.9 Å². The third-order valence-electron chi connectivity index (χ3n) is 5.19. The first-order valence-corrected chi connectivity index (χ1v) is 9.98. The number of pyridine rings is 1. The number of nitrogens with two attached hydrogens (primary N) is 1. The van der Waals surface area contributed by atoms with Crippen LogP contribution in [0, 0.1) is 11.2 Å². The zero-order valence-corrected chi connectivity index (χ0v) is 15.7. The van der Waals surface area contributed by atoms with Gasteiger partial charge < -0.3 is 16.2 Å². The Morgan fingerprint density at radius 1 is 1.23 bits per heavy atom. The van der Waals surface area contributed by atoms with Crippen molar-refractivity contribution in [3.05, 3.63) is 70.9 Å². The second-order valence-electron chi connectivity index (χ2n) is 6.78. The number of alkyl halides is 3. The van der Waals surface area contributed by atoms with E-state index >= 15 is 0 Å². The van der Waals surface area contributed by atoms with Crippen molar-refractivity contribution in [3.8, 4) is 0 Å². The molecule has 0 radical (unpaired) electrons. The molecule has 4 rings (SSSR count). The number of aliphatic hydroxyl groups excluding tert-OH is 1. The number of hydrogen-bond acceptors (Lipinski definition) is 6. The molecule has 3 heterocycles. The van der Waals surface area contributed by atoms with Gasteiger partial charge in [-0.1, -0.05) is 12.1 Å². The summed E-state index contributed by atoms with van der Waals surface area (Å²) < 4.78 is 80.4. The number of nitrogens with zero attached hydrogens (tertiary/aromatic N) is 2. The average Bonchev–Trinajstić information content (AvgIpc) is 3.00. The van der Waals surface area contributed by atoms with Gasteiger partial charge in [-0.3, -0.25) is 4.98 Å². The normalized spacial score (nSPS) is 25.6. The summed E-state index contributed by atoms with van der Waals surface area (Å²) in [4.78, 5) is 2.60. The highest BCUT2D eigenvalue weighted by molar-refractivity contribution is 7.89. The van der Waals surface area contributed by atoms with Crippen LogP contribution in [-0.4, -0.2) is 34.6 Å². The number of hydrogen-bond donors (Lipinski definition) is 3. The Hall–Kier alpha value is -2.83. The summed E-state index contributed by atoms with van der Waals surface area (Å²) in [5.74, 6) is -0.782. The number of benzene rings is 1. The molecule has 7 nitrogen and oxygen atoms in total. The third-order valence-corrected chi connectivity index (χ3v) is 7.02. The maximum atomic E-state index is 14.6. The van der Waals surface area contributed by atoms with Crippen LogP contribution in [0.5, 0.6) is 0 Å². The monoisotopic (exact) mass is 442 g/mol. The summed E-state index contributed by atoms with van der Waals surface area (Å²) in [5.41, 5.74) is 3.98. The van der Waals surface area contributed by atoms with Crippen LogP contribution in [0.4, 0.5) is 17.6 Å². The molecule has 2 aliphatic rings. The number of aliphatic hydroxyl groups is 1. The van der Waals surface area contributed by atoms with E-state index in [4.69, 9.17) is 11.1 Å². The fourth-order valence-corrected chi connectivity index (χ4v) is 5.59. The molecule has 2 aromatic rings. The molecule has 0 amide bonds. The van der Waals surface area contributed by atoms with E-state index in [0.717, 1.165) is 22.6 Å². The number of rotatable bonds is 2. The molecule has 1 saturated heterocycles. The topological polar surface area (TPSA) is 120 Å². The van der Waals surface area contributed by atoms with Crippen LogP contribution in [0.15, 0.2) is 53.2 Å². The van der Waals surface area contributed by atoms with E-state index in [-0.39, 0.29) is 22.4 Å². The molecule has 3 atom stereocenters. The van der Waals surface area contributed by atoms with Crippen molar-refractivity contribution < 1.29 is 31.1 Å². The van der Waals surface area contributed by atoms with Crippen molar-refractivity contribution in [2.45, 2.75) is 29.3 Å². The molecule has 12 heteroatoms. The molecule has 30 heavy (non-hydrogen) atoms. The van der Waals surface area contributed by atoms with E-state index in [2.05, 4.69) is 4.98 Å². The first-order valence-electron chi connectivity index (χ1n) is 8.54. The first kappa shape index (κ1) is 20.4. The fourth-order valence-electron chi connectivity index (χ4n) is 3.90. The van der Waals surface area contributed by atoms with Crippen molar-refractivity contribution in [1.82, 2.24) is 9.29 Å². The number of halogens is 4. The van der Waals surface area contributed by atoms with Gasteiger partial charge in [0, 0.05) is 23.5 Å². The lowest BCUT2D eigenvalue weighted by atomic mass is 9.93. The zero-order chi connectivity index (χ0) is 22.0. The number of fused-ring (bicyclic) bond motifs is 5. The van der Waals surface area contributed by atoms with Crippen molar-refractivity contribution >= 4 is 15.7 Å². The predicted octanol–water partition coefficient (Wildman–Crippen LogP) is 2.26. The molecule has 2 aliphatic heterocycles. The zero-order valence-electron chi connectivity index (χ0n) is 14.9. The quantitative estimate of drug-likeness (QED) is 0.617. The number of nitrogens with one attached hydrogen (secondary N) is 1. The molecule has 2 unspecified atom stereocenters. The summed E-state index contributed by atoms with van der Waals surface area (Å²) in [6, 6.07) is 2.46. The SMILES string of the molecule is N=C1C(=CN)C2c3cccc(F)c3C([C@H]1O)N2S(=O)(=O)c1ccc(C(F)(F)F)nc1. The summed E-state index contributed by atoms with van der Waals surface area (Å²) in [5, 5.41) is 18.7. The van der Waals surface area contributed by atoms with Crippen LogP contribution in [0.3, 0.4) is 0 Å².